The Morgan fingerprint density at radius 3 is 2.42 bits per heavy atom. The zero-order valence-corrected chi connectivity index (χ0v) is 20.9. The average molecular weight is 503 g/mol. The van der Waals surface area contributed by atoms with Crippen LogP contribution in [-0.2, 0) is 4.74 Å². The van der Waals surface area contributed by atoms with Crippen LogP contribution < -0.4 is 4.74 Å². The first-order valence-electron chi connectivity index (χ1n) is 12.5. The van der Waals surface area contributed by atoms with Gasteiger partial charge >= 0.3 is 0 Å². The highest BCUT2D eigenvalue weighted by atomic mass is 35.5. The Labute approximate surface area is 217 Å². The predicted octanol–water partition coefficient (Wildman–Crippen LogP) is 5.90. The third-order valence-electron chi connectivity index (χ3n) is 6.64. The number of hydrogen-bond donors (Lipinski definition) is 1. The number of aliphatic hydroxyl groups is 1. The number of likely N-dealkylation sites (tertiary alicyclic amines) is 1. The summed E-state index contributed by atoms with van der Waals surface area (Å²) < 4.78 is 12.6. The Morgan fingerprint density at radius 2 is 1.64 bits per heavy atom. The van der Waals surface area contributed by atoms with Crippen LogP contribution in [-0.4, -0.2) is 53.4 Å². The number of benzene rings is 3. The van der Waals surface area contributed by atoms with Crippen LogP contribution in [0.1, 0.15) is 30.1 Å². The number of ether oxygens (including phenoxy) is 2. The fourth-order valence-corrected chi connectivity index (χ4v) is 4.90. The number of aliphatic hydroxyl groups excluding tert-OH is 1. The van der Waals surface area contributed by atoms with Crippen molar-refractivity contribution in [1.29, 1.82) is 0 Å². The molecule has 0 saturated carbocycles. The zero-order valence-electron chi connectivity index (χ0n) is 20.2. The molecular weight excluding hydrogens is 472 g/mol. The lowest BCUT2D eigenvalue weighted by Gasteiger charge is -2.35. The van der Waals surface area contributed by atoms with Gasteiger partial charge in [0.25, 0.3) is 0 Å². The van der Waals surface area contributed by atoms with E-state index in [1.807, 2.05) is 72.8 Å². The molecule has 6 heteroatoms. The van der Waals surface area contributed by atoms with E-state index in [-0.39, 0.29) is 18.8 Å². The molecule has 0 bridgehead atoms. The van der Waals surface area contributed by atoms with Gasteiger partial charge in [0, 0.05) is 36.2 Å². The third-order valence-corrected chi connectivity index (χ3v) is 6.90. The summed E-state index contributed by atoms with van der Waals surface area (Å²) in [6.45, 7) is 2.58. The maximum absolute atomic E-state index is 10.6. The standard InChI is InChI=1S/C30H31ClN2O3/c31-24-13-11-23(12-14-24)30(22-6-2-1-3-7-22)36-26-15-18-33(19-16-26)20-25(34)21-35-29-10-4-9-28-27(29)8-5-17-32-28/h1-14,17,25-26,30,34H,15-16,18-21H2. The van der Waals surface area contributed by atoms with E-state index >= 15 is 0 Å². The largest absolute Gasteiger partial charge is 0.490 e. The molecule has 1 fully saturated rings. The topological polar surface area (TPSA) is 54.8 Å². The fourth-order valence-electron chi connectivity index (χ4n) is 4.77. The molecule has 1 aromatic heterocycles. The van der Waals surface area contributed by atoms with Gasteiger partial charge in [-0.15, -0.1) is 0 Å². The van der Waals surface area contributed by atoms with Gasteiger partial charge < -0.3 is 19.5 Å². The minimum absolute atomic E-state index is 0.130. The number of piperidine rings is 1. The molecule has 4 aromatic rings. The molecule has 0 amide bonds. The first kappa shape index (κ1) is 24.7. The van der Waals surface area contributed by atoms with Crippen LogP contribution in [0.15, 0.2) is 91.1 Å². The van der Waals surface area contributed by atoms with Gasteiger partial charge in [0.05, 0.1) is 11.6 Å². The van der Waals surface area contributed by atoms with Crippen LogP contribution >= 0.6 is 11.6 Å². The normalized spacial score (nSPS) is 16.6. The van der Waals surface area contributed by atoms with Crippen molar-refractivity contribution in [3.05, 3.63) is 107 Å². The molecule has 1 N–H and O–H groups in total. The highest BCUT2D eigenvalue weighted by Crippen LogP contribution is 2.31. The van der Waals surface area contributed by atoms with Gasteiger partial charge in [-0.05, 0) is 60.4 Å². The van der Waals surface area contributed by atoms with E-state index in [1.165, 1.54) is 0 Å². The first-order chi connectivity index (χ1) is 17.7. The van der Waals surface area contributed by atoms with Gasteiger partial charge in [-0.3, -0.25) is 4.98 Å². The summed E-state index contributed by atoms with van der Waals surface area (Å²) in [5, 5.41) is 12.3. The highest BCUT2D eigenvalue weighted by molar-refractivity contribution is 6.30. The molecule has 1 aliphatic heterocycles. The van der Waals surface area contributed by atoms with Crippen molar-refractivity contribution in [2.24, 2.45) is 0 Å². The molecule has 0 aliphatic carbocycles. The third kappa shape index (κ3) is 6.23. The highest BCUT2D eigenvalue weighted by Gasteiger charge is 2.26. The van der Waals surface area contributed by atoms with E-state index in [0.29, 0.717) is 6.54 Å². The molecule has 1 saturated heterocycles. The molecule has 5 nitrogen and oxygen atoms in total. The number of halogens is 1. The van der Waals surface area contributed by atoms with E-state index in [9.17, 15) is 5.11 Å². The minimum atomic E-state index is -0.569. The lowest BCUT2D eigenvalue weighted by Crippen LogP contribution is -2.42. The second-order valence-corrected chi connectivity index (χ2v) is 9.71. The second-order valence-electron chi connectivity index (χ2n) is 9.27. The second kappa shape index (κ2) is 11.8. The van der Waals surface area contributed by atoms with E-state index in [0.717, 1.165) is 58.7 Å². The van der Waals surface area contributed by atoms with Crippen LogP contribution in [0, 0.1) is 0 Å². The fraction of sp³-hybridized carbons (Fsp3) is 0.300. The van der Waals surface area contributed by atoms with Crippen LogP contribution in [0.3, 0.4) is 0 Å². The quantitative estimate of drug-likeness (QED) is 0.309. The van der Waals surface area contributed by atoms with Gasteiger partial charge in [0.2, 0.25) is 0 Å². The van der Waals surface area contributed by atoms with Gasteiger partial charge in [-0.2, -0.15) is 0 Å². The summed E-state index contributed by atoms with van der Waals surface area (Å²) in [4.78, 5) is 6.65. The number of aromatic nitrogens is 1. The number of nitrogens with zero attached hydrogens (tertiary/aromatic N) is 2. The summed E-state index contributed by atoms with van der Waals surface area (Å²) in [6.07, 6.45) is 3.05. The molecule has 186 valence electrons. The Morgan fingerprint density at radius 1 is 0.889 bits per heavy atom. The number of hydrogen-bond acceptors (Lipinski definition) is 5. The first-order valence-corrected chi connectivity index (χ1v) is 12.9. The Balaban J connectivity index is 1.14. The van der Waals surface area contributed by atoms with E-state index in [1.54, 1.807) is 6.20 Å². The van der Waals surface area contributed by atoms with E-state index < -0.39 is 6.10 Å². The van der Waals surface area contributed by atoms with Gasteiger partial charge in [0.15, 0.2) is 0 Å². The number of pyridine rings is 1. The minimum Gasteiger partial charge on any atom is -0.490 e. The van der Waals surface area contributed by atoms with Gasteiger partial charge in [-0.1, -0.05) is 60.1 Å². The monoisotopic (exact) mass is 502 g/mol. The van der Waals surface area contributed by atoms with Crippen molar-refractivity contribution >= 4 is 22.5 Å². The van der Waals surface area contributed by atoms with Crippen LogP contribution in [0.4, 0.5) is 0 Å². The molecule has 2 heterocycles. The summed E-state index contributed by atoms with van der Waals surface area (Å²) in [6, 6.07) is 27.9. The van der Waals surface area contributed by atoms with Crippen molar-refractivity contribution in [3.63, 3.8) is 0 Å². The molecule has 2 atom stereocenters. The summed E-state index contributed by atoms with van der Waals surface area (Å²) >= 11 is 6.12. The molecular formula is C30H31ClN2O3. The lowest BCUT2D eigenvalue weighted by atomic mass is 10.00. The zero-order chi connectivity index (χ0) is 24.7. The van der Waals surface area contributed by atoms with Crippen LogP contribution in [0.2, 0.25) is 5.02 Å². The number of rotatable bonds is 9. The van der Waals surface area contributed by atoms with Gasteiger partial charge in [-0.25, -0.2) is 0 Å². The summed E-state index contributed by atoms with van der Waals surface area (Å²) in [5.74, 6) is 0.751. The Hall–Kier alpha value is -2.96. The van der Waals surface area contributed by atoms with Crippen LogP contribution in [0.25, 0.3) is 10.9 Å². The molecule has 1 aliphatic rings. The smallest absolute Gasteiger partial charge is 0.128 e. The molecule has 0 radical (unpaired) electrons. The van der Waals surface area contributed by atoms with E-state index in [2.05, 4.69) is 22.0 Å². The van der Waals surface area contributed by atoms with Crippen molar-refractivity contribution < 1.29 is 14.6 Å². The lowest BCUT2D eigenvalue weighted by molar-refractivity contribution is -0.0346. The summed E-state index contributed by atoms with van der Waals surface area (Å²) in [7, 11) is 0. The molecule has 5 rings (SSSR count). The maximum atomic E-state index is 10.6. The predicted molar refractivity (Wildman–Crippen MR) is 144 cm³/mol. The van der Waals surface area contributed by atoms with Crippen molar-refractivity contribution in [2.75, 3.05) is 26.2 Å². The molecule has 0 spiro atoms. The van der Waals surface area contributed by atoms with E-state index in [4.69, 9.17) is 21.1 Å². The average Bonchev–Trinajstić information content (AvgIpc) is 2.92. The van der Waals surface area contributed by atoms with Crippen molar-refractivity contribution in [1.82, 2.24) is 9.88 Å². The Bertz CT molecular complexity index is 1240. The van der Waals surface area contributed by atoms with Crippen LogP contribution in [0.5, 0.6) is 5.75 Å². The number of fused-ring (bicyclic) bond motifs is 1. The molecule has 3 aromatic carbocycles. The molecule has 36 heavy (non-hydrogen) atoms. The maximum Gasteiger partial charge on any atom is 0.128 e. The van der Waals surface area contributed by atoms with Crippen molar-refractivity contribution in [3.8, 4) is 5.75 Å². The van der Waals surface area contributed by atoms with Gasteiger partial charge in [0.1, 0.15) is 24.6 Å². The summed E-state index contributed by atoms with van der Waals surface area (Å²) in [5.41, 5.74) is 3.13. The van der Waals surface area contributed by atoms with Crippen molar-refractivity contribution in [2.45, 2.75) is 31.2 Å². The number of β-amino-alcohol motifs (C(OH)–C–C–N with tert-alkyl or cyclic N) is 1. The SMILES string of the molecule is OC(COc1cccc2ncccc12)CN1CCC(OC(c2ccccc2)c2ccc(Cl)cc2)CC1. The Kier molecular flexibility index (Phi) is 8.14. The molecule has 2 unspecified atom stereocenters.